The summed E-state index contributed by atoms with van der Waals surface area (Å²) in [5, 5.41) is 16.5. The fourth-order valence-corrected chi connectivity index (χ4v) is 5.20. The van der Waals surface area contributed by atoms with Crippen molar-refractivity contribution >= 4 is 11.6 Å². The highest BCUT2D eigenvalue weighted by Gasteiger charge is 2.57. The molecule has 2 fully saturated rings. The van der Waals surface area contributed by atoms with Gasteiger partial charge in [-0.1, -0.05) is 36.8 Å². The van der Waals surface area contributed by atoms with E-state index in [4.69, 9.17) is 0 Å². The number of aliphatic hydroxyl groups excluding tert-OH is 1. The molecule has 5 atom stereocenters. The molecule has 2 aliphatic carbocycles. The second-order valence-corrected chi connectivity index (χ2v) is 7.98. The minimum Gasteiger partial charge on any atom is -0.386 e. The molecule has 0 saturated heterocycles. The summed E-state index contributed by atoms with van der Waals surface area (Å²) in [6.07, 6.45) is 4.34. The van der Waals surface area contributed by atoms with Gasteiger partial charge in [0.1, 0.15) is 0 Å². The Morgan fingerprint density at radius 1 is 1.29 bits per heavy atom. The lowest BCUT2D eigenvalue weighted by molar-refractivity contribution is -0.140. The van der Waals surface area contributed by atoms with Crippen molar-refractivity contribution in [3.63, 3.8) is 0 Å². The Morgan fingerprint density at radius 2 is 2.04 bits per heavy atom. The van der Waals surface area contributed by atoms with Crippen molar-refractivity contribution in [3.8, 4) is 0 Å². The van der Waals surface area contributed by atoms with Gasteiger partial charge in [0.2, 0.25) is 0 Å². The van der Waals surface area contributed by atoms with Gasteiger partial charge in [0.05, 0.1) is 23.8 Å². The van der Waals surface area contributed by atoms with Gasteiger partial charge >= 0.3 is 0 Å². The molecule has 0 aromatic heterocycles. The molecule has 2 unspecified atom stereocenters. The largest absolute Gasteiger partial charge is 0.386 e. The average molecular weight is 326 g/mol. The van der Waals surface area contributed by atoms with Gasteiger partial charge < -0.3 is 5.11 Å². The van der Waals surface area contributed by atoms with E-state index in [-0.39, 0.29) is 12.5 Å². The molecule has 1 aromatic rings. The smallest absolute Gasteiger partial charge is 0.254 e. The van der Waals surface area contributed by atoms with Crippen molar-refractivity contribution in [2.45, 2.75) is 45.6 Å². The van der Waals surface area contributed by atoms with E-state index in [1.807, 2.05) is 37.3 Å². The maximum Gasteiger partial charge on any atom is 0.254 e. The van der Waals surface area contributed by atoms with Gasteiger partial charge in [-0.05, 0) is 56.4 Å². The van der Waals surface area contributed by atoms with Crippen LogP contribution in [0.3, 0.4) is 0 Å². The fraction of sp³-hybridized carbons (Fsp3) is 0.600. The van der Waals surface area contributed by atoms with Crippen LogP contribution in [0.15, 0.2) is 35.4 Å². The molecule has 128 valence electrons. The minimum atomic E-state index is -0.700. The zero-order chi connectivity index (χ0) is 16.9. The first-order chi connectivity index (χ1) is 11.5. The van der Waals surface area contributed by atoms with Crippen molar-refractivity contribution in [1.82, 2.24) is 5.01 Å². The van der Waals surface area contributed by atoms with Crippen LogP contribution in [0.25, 0.3) is 0 Å². The van der Waals surface area contributed by atoms with Gasteiger partial charge in [0.15, 0.2) is 0 Å². The Balaban J connectivity index is 1.52. The normalized spacial score (nSPS) is 36.3. The SMILES string of the molecule is CC1=NN(CC(O)c2ccccc2)C(=O)C1(C)[C@H]1C[C@H]2CC[C@@H]1C2. The van der Waals surface area contributed by atoms with Crippen LogP contribution in [0.1, 0.15) is 51.2 Å². The van der Waals surface area contributed by atoms with Crippen molar-refractivity contribution in [2.24, 2.45) is 28.3 Å². The average Bonchev–Trinajstić information content (AvgIpc) is 3.28. The summed E-state index contributed by atoms with van der Waals surface area (Å²) in [5.74, 6) is 1.98. The maximum absolute atomic E-state index is 13.2. The van der Waals surface area contributed by atoms with Crippen molar-refractivity contribution in [3.05, 3.63) is 35.9 Å². The van der Waals surface area contributed by atoms with Crippen LogP contribution in [-0.2, 0) is 4.79 Å². The van der Waals surface area contributed by atoms with Crippen molar-refractivity contribution in [1.29, 1.82) is 0 Å². The first-order valence-corrected chi connectivity index (χ1v) is 9.10. The second kappa shape index (κ2) is 5.69. The third kappa shape index (κ3) is 2.31. The number of carbonyl (C=O) groups excluding carboxylic acids is 1. The number of aliphatic hydroxyl groups is 1. The lowest BCUT2D eigenvalue weighted by Gasteiger charge is -2.36. The van der Waals surface area contributed by atoms with Gasteiger partial charge in [0, 0.05) is 0 Å². The number of hydrazone groups is 1. The molecule has 4 rings (SSSR count). The standard InChI is InChI=1S/C20H26N2O2/c1-13-20(2,17-11-14-8-9-16(17)10-14)19(24)22(21-13)12-18(23)15-6-4-3-5-7-15/h3-7,14,16-18,23H,8-12H2,1-2H3/t14-,16+,17-,18?,20?/m0/s1. The van der Waals surface area contributed by atoms with E-state index in [0.717, 1.165) is 23.6 Å². The molecule has 1 amide bonds. The van der Waals surface area contributed by atoms with E-state index in [1.54, 1.807) is 0 Å². The molecule has 0 spiro atoms. The Labute approximate surface area is 143 Å². The lowest BCUT2D eigenvalue weighted by atomic mass is 9.66. The van der Waals surface area contributed by atoms with Crippen LogP contribution in [-0.4, -0.2) is 28.3 Å². The van der Waals surface area contributed by atoms with Crippen LogP contribution >= 0.6 is 0 Å². The molecular weight excluding hydrogens is 300 g/mol. The van der Waals surface area contributed by atoms with Gasteiger partial charge in [-0.3, -0.25) is 4.79 Å². The summed E-state index contributed by atoms with van der Waals surface area (Å²) in [6, 6.07) is 9.50. The minimum absolute atomic E-state index is 0.0764. The first kappa shape index (κ1) is 15.8. The summed E-state index contributed by atoms with van der Waals surface area (Å²) in [4.78, 5) is 13.2. The van der Waals surface area contributed by atoms with Gasteiger partial charge in [0.25, 0.3) is 5.91 Å². The Hall–Kier alpha value is -1.68. The highest BCUT2D eigenvalue weighted by Crippen LogP contribution is 2.56. The predicted octanol–water partition coefficient (Wildman–Crippen LogP) is 3.38. The number of carbonyl (C=O) groups is 1. The number of hydrogen-bond donors (Lipinski definition) is 1. The molecule has 4 nitrogen and oxygen atoms in total. The van der Waals surface area contributed by atoms with Gasteiger partial charge in [-0.25, -0.2) is 5.01 Å². The molecule has 24 heavy (non-hydrogen) atoms. The van der Waals surface area contributed by atoms with E-state index < -0.39 is 11.5 Å². The molecule has 1 N–H and O–H groups in total. The molecule has 0 radical (unpaired) electrons. The fourth-order valence-electron chi connectivity index (χ4n) is 5.20. The van der Waals surface area contributed by atoms with Crippen LogP contribution in [0, 0.1) is 23.2 Å². The maximum atomic E-state index is 13.2. The number of fused-ring (bicyclic) bond motifs is 2. The molecule has 2 saturated carbocycles. The quantitative estimate of drug-likeness (QED) is 0.922. The van der Waals surface area contributed by atoms with Crippen molar-refractivity contribution in [2.75, 3.05) is 6.54 Å². The summed E-state index contributed by atoms with van der Waals surface area (Å²) in [5.41, 5.74) is 1.27. The molecule has 4 heteroatoms. The Morgan fingerprint density at radius 3 is 2.67 bits per heavy atom. The number of β-amino-alcohol motifs (C(OH)–C–C–N with tert-alkyl or cyclic N) is 1. The van der Waals surface area contributed by atoms with Crippen LogP contribution < -0.4 is 0 Å². The zero-order valence-electron chi connectivity index (χ0n) is 14.5. The molecule has 1 heterocycles. The number of nitrogens with zero attached hydrogens (tertiary/aromatic N) is 2. The lowest BCUT2D eigenvalue weighted by Crippen LogP contribution is -2.45. The topological polar surface area (TPSA) is 52.9 Å². The van der Waals surface area contributed by atoms with E-state index >= 15 is 0 Å². The van der Waals surface area contributed by atoms with E-state index in [0.29, 0.717) is 11.8 Å². The third-order valence-electron chi connectivity index (χ3n) is 6.71. The summed E-state index contributed by atoms with van der Waals surface area (Å²) in [7, 11) is 0. The van der Waals surface area contributed by atoms with Crippen LogP contribution in [0.2, 0.25) is 0 Å². The second-order valence-electron chi connectivity index (χ2n) is 7.98. The number of rotatable bonds is 4. The first-order valence-electron chi connectivity index (χ1n) is 9.10. The monoisotopic (exact) mass is 326 g/mol. The third-order valence-corrected chi connectivity index (χ3v) is 6.71. The van der Waals surface area contributed by atoms with Crippen molar-refractivity contribution < 1.29 is 9.90 Å². The molecule has 1 aliphatic heterocycles. The summed E-state index contributed by atoms with van der Waals surface area (Å²) < 4.78 is 0. The molecule has 2 bridgehead atoms. The summed E-state index contributed by atoms with van der Waals surface area (Å²) in [6.45, 7) is 4.30. The van der Waals surface area contributed by atoms with E-state index in [1.165, 1.54) is 24.3 Å². The zero-order valence-corrected chi connectivity index (χ0v) is 14.5. The number of hydrogen-bond acceptors (Lipinski definition) is 3. The summed E-state index contributed by atoms with van der Waals surface area (Å²) >= 11 is 0. The van der Waals surface area contributed by atoms with Crippen LogP contribution in [0.4, 0.5) is 0 Å². The number of benzene rings is 1. The predicted molar refractivity (Wildman–Crippen MR) is 93.3 cm³/mol. The highest BCUT2D eigenvalue weighted by atomic mass is 16.3. The molecule has 3 aliphatic rings. The molecule has 1 aromatic carbocycles. The molecular formula is C20H26N2O2. The Kier molecular flexibility index (Phi) is 3.75. The van der Waals surface area contributed by atoms with Gasteiger partial charge in [-0.2, -0.15) is 5.10 Å². The van der Waals surface area contributed by atoms with Crippen LogP contribution in [0.5, 0.6) is 0 Å². The Bertz CT molecular complexity index is 671. The highest BCUT2D eigenvalue weighted by molar-refractivity contribution is 6.11. The van der Waals surface area contributed by atoms with E-state index in [9.17, 15) is 9.90 Å². The van der Waals surface area contributed by atoms with Gasteiger partial charge in [-0.15, -0.1) is 0 Å². The number of amides is 1. The van der Waals surface area contributed by atoms with E-state index in [2.05, 4.69) is 12.0 Å².